The van der Waals surface area contributed by atoms with Gasteiger partial charge in [-0.2, -0.15) is 0 Å². The number of carboxylic acids is 3. The van der Waals surface area contributed by atoms with Crippen LogP contribution in [0.3, 0.4) is 0 Å². The van der Waals surface area contributed by atoms with Crippen molar-refractivity contribution in [2.24, 2.45) is 0 Å². The summed E-state index contributed by atoms with van der Waals surface area (Å²) in [6, 6.07) is 0. The molecule has 25 heavy (non-hydrogen) atoms. The van der Waals surface area contributed by atoms with Crippen LogP contribution in [0.1, 0.15) is 58.3 Å². The van der Waals surface area contributed by atoms with Crippen molar-refractivity contribution in [1.82, 2.24) is 0 Å². The molecule has 3 N–H and O–H groups in total. The molecule has 0 aliphatic heterocycles. The quantitative estimate of drug-likeness (QED) is 0.222. The van der Waals surface area contributed by atoms with Crippen molar-refractivity contribution in [3.8, 4) is 0 Å². The highest BCUT2D eigenvalue weighted by atomic mass is 16.4. The summed E-state index contributed by atoms with van der Waals surface area (Å²) in [5.74, 6) is -2.85. The molecule has 0 aromatic carbocycles. The van der Waals surface area contributed by atoms with Gasteiger partial charge in [0.2, 0.25) is 0 Å². The molecule has 0 fully saturated rings. The second kappa shape index (κ2) is 13.4. The Morgan fingerprint density at radius 3 is 1.48 bits per heavy atom. The molecule has 0 heterocycles. The number of nitrogens with zero attached hydrogens (tertiary/aromatic N) is 1. The van der Waals surface area contributed by atoms with E-state index >= 15 is 0 Å². The molecule has 0 rings (SSSR count). The summed E-state index contributed by atoms with van der Waals surface area (Å²) in [4.78, 5) is 32.8. The number of rotatable bonds is 16. The topological polar surface area (TPSA) is 112 Å². The highest BCUT2D eigenvalue weighted by Gasteiger charge is 2.29. The average molecular weight is 358 g/mol. The third kappa shape index (κ3) is 13.1. The van der Waals surface area contributed by atoms with Gasteiger partial charge in [-0.05, 0) is 12.8 Å². The van der Waals surface area contributed by atoms with Crippen LogP contribution in [0.5, 0.6) is 0 Å². The first-order valence-corrected chi connectivity index (χ1v) is 8.97. The molecule has 7 heteroatoms. The fraction of sp³-hybridized carbons (Fsp3) is 0.722. The number of carboxylic acid groups (broad SMARTS) is 3. The Labute approximate surface area is 149 Å². The van der Waals surface area contributed by atoms with Crippen molar-refractivity contribution in [2.45, 2.75) is 58.3 Å². The van der Waals surface area contributed by atoms with Gasteiger partial charge in [-0.1, -0.05) is 31.9 Å². The maximum atomic E-state index is 10.9. The molecule has 0 spiro atoms. The summed E-state index contributed by atoms with van der Waals surface area (Å²) in [7, 11) is 0. The van der Waals surface area contributed by atoms with E-state index in [4.69, 9.17) is 15.3 Å². The highest BCUT2D eigenvalue weighted by molar-refractivity contribution is 5.67. The number of hydrogen-bond acceptors (Lipinski definition) is 3. The number of allylic oxidation sites excluding steroid dienone is 2. The van der Waals surface area contributed by atoms with Crippen LogP contribution >= 0.6 is 0 Å². The summed E-state index contributed by atoms with van der Waals surface area (Å²) < 4.78 is 0.230. The van der Waals surface area contributed by atoms with E-state index < -0.39 is 17.9 Å². The molecule has 0 saturated heterocycles. The van der Waals surface area contributed by atoms with E-state index in [2.05, 4.69) is 19.1 Å². The van der Waals surface area contributed by atoms with Gasteiger partial charge in [0.05, 0.1) is 45.4 Å². The minimum absolute atomic E-state index is 0.0917. The lowest BCUT2D eigenvalue weighted by molar-refractivity contribution is -0.927. The Balaban J connectivity index is 4.81. The van der Waals surface area contributed by atoms with Crippen molar-refractivity contribution < 1.29 is 34.2 Å². The average Bonchev–Trinajstić information content (AvgIpc) is 2.54. The first-order valence-electron chi connectivity index (χ1n) is 8.97. The monoisotopic (exact) mass is 358 g/mol. The van der Waals surface area contributed by atoms with Gasteiger partial charge in [0, 0.05) is 6.42 Å². The minimum atomic E-state index is -0.951. The Morgan fingerprint density at radius 2 is 1.12 bits per heavy atom. The lowest BCUT2D eigenvalue weighted by atomic mass is 10.1. The lowest BCUT2D eigenvalue weighted by Crippen LogP contribution is -2.52. The van der Waals surface area contributed by atoms with E-state index in [1.165, 1.54) is 0 Å². The van der Waals surface area contributed by atoms with Gasteiger partial charge < -0.3 is 19.8 Å². The van der Waals surface area contributed by atoms with E-state index in [0.717, 1.165) is 32.1 Å². The van der Waals surface area contributed by atoms with Gasteiger partial charge in [-0.15, -0.1) is 0 Å². The van der Waals surface area contributed by atoms with Crippen LogP contribution in [0.15, 0.2) is 12.2 Å². The SMILES string of the molecule is CCCC/C=C/CCC[N+](CCC(=O)O)(CCC(=O)O)CCC(=O)O. The van der Waals surface area contributed by atoms with E-state index in [1.807, 2.05) is 0 Å². The van der Waals surface area contributed by atoms with E-state index in [1.54, 1.807) is 0 Å². The number of unbranched alkanes of at least 4 members (excludes halogenated alkanes) is 3. The fourth-order valence-corrected chi connectivity index (χ4v) is 2.77. The molecule has 0 aromatic heterocycles. The van der Waals surface area contributed by atoms with Crippen LogP contribution in [0.4, 0.5) is 0 Å². The van der Waals surface area contributed by atoms with Gasteiger partial charge in [0.25, 0.3) is 0 Å². The first-order chi connectivity index (χ1) is 11.8. The predicted octanol–water partition coefficient (Wildman–Crippen LogP) is 2.75. The third-order valence-corrected chi connectivity index (χ3v) is 4.29. The zero-order valence-electron chi connectivity index (χ0n) is 15.2. The number of aliphatic carboxylic acids is 3. The smallest absolute Gasteiger partial charge is 0.309 e. The maximum absolute atomic E-state index is 10.9. The third-order valence-electron chi connectivity index (χ3n) is 4.29. The normalized spacial score (nSPS) is 11.7. The molecule has 0 atom stereocenters. The lowest BCUT2D eigenvalue weighted by Gasteiger charge is -2.38. The summed E-state index contributed by atoms with van der Waals surface area (Å²) in [6.45, 7) is 3.50. The summed E-state index contributed by atoms with van der Waals surface area (Å²) in [6.07, 6.45) is 8.88. The number of quaternary nitrogens is 1. The number of hydrogen-bond donors (Lipinski definition) is 3. The molecule has 0 aromatic rings. The molecule has 0 amide bonds. The van der Waals surface area contributed by atoms with Gasteiger partial charge >= 0.3 is 17.9 Å². The first kappa shape index (κ1) is 23.1. The molecule has 0 bridgehead atoms. The van der Waals surface area contributed by atoms with Crippen LogP contribution in [0.25, 0.3) is 0 Å². The molecule has 0 radical (unpaired) electrons. The molecule has 7 nitrogen and oxygen atoms in total. The van der Waals surface area contributed by atoms with E-state index in [-0.39, 0.29) is 43.4 Å². The highest BCUT2D eigenvalue weighted by Crippen LogP contribution is 2.15. The standard InChI is InChI=1S/C18H31NO6/c1-2-3-4-5-6-7-8-12-19(13-9-16(20)21,14-10-17(22)23)15-11-18(24)25/h5-6H,2-4,7-15H2,1H3,(H2-,20,21,22,23,24,25)/p+1/b6-5+. The molecule has 0 aliphatic rings. The zero-order valence-corrected chi connectivity index (χ0v) is 15.2. The molecular weight excluding hydrogens is 326 g/mol. The van der Waals surface area contributed by atoms with Crippen LogP contribution in [0.2, 0.25) is 0 Å². The van der Waals surface area contributed by atoms with Gasteiger partial charge in [-0.3, -0.25) is 14.4 Å². The predicted molar refractivity (Wildman–Crippen MR) is 94.4 cm³/mol. The molecule has 0 saturated carbocycles. The van der Waals surface area contributed by atoms with Crippen molar-refractivity contribution in [3.05, 3.63) is 12.2 Å². The summed E-state index contributed by atoms with van der Waals surface area (Å²) in [5.41, 5.74) is 0. The Hall–Kier alpha value is -1.89. The van der Waals surface area contributed by atoms with Crippen molar-refractivity contribution in [1.29, 1.82) is 0 Å². The maximum Gasteiger partial charge on any atom is 0.309 e. The second-order valence-electron chi connectivity index (χ2n) is 6.42. The molecule has 144 valence electrons. The van der Waals surface area contributed by atoms with Crippen LogP contribution in [-0.2, 0) is 14.4 Å². The molecular formula is C18H32NO6+. The van der Waals surface area contributed by atoms with Crippen LogP contribution in [-0.4, -0.2) is 63.9 Å². The fourth-order valence-electron chi connectivity index (χ4n) is 2.77. The molecule has 0 unspecified atom stereocenters. The van der Waals surface area contributed by atoms with E-state index in [9.17, 15) is 14.4 Å². The van der Waals surface area contributed by atoms with Crippen molar-refractivity contribution in [3.63, 3.8) is 0 Å². The summed E-state index contributed by atoms with van der Waals surface area (Å²) >= 11 is 0. The van der Waals surface area contributed by atoms with Crippen LogP contribution < -0.4 is 0 Å². The molecule has 0 aliphatic carbocycles. The minimum Gasteiger partial charge on any atom is -0.481 e. The van der Waals surface area contributed by atoms with Gasteiger partial charge in [-0.25, -0.2) is 0 Å². The number of carbonyl (C=O) groups is 3. The van der Waals surface area contributed by atoms with Crippen molar-refractivity contribution in [2.75, 3.05) is 26.2 Å². The van der Waals surface area contributed by atoms with Gasteiger partial charge in [0.1, 0.15) is 0 Å². The second-order valence-corrected chi connectivity index (χ2v) is 6.42. The Kier molecular flexibility index (Phi) is 12.4. The largest absolute Gasteiger partial charge is 0.481 e. The zero-order chi connectivity index (χ0) is 19.1. The van der Waals surface area contributed by atoms with Crippen LogP contribution in [0, 0.1) is 0 Å². The van der Waals surface area contributed by atoms with Gasteiger partial charge in [0.15, 0.2) is 0 Å². The Bertz CT molecular complexity index is 401. The van der Waals surface area contributed by atoms with E-state index in [0.29, 0.717) is 6.54 Å². The van der Waals surface area contributed by atoms with Crippen molar-refractivity contribution >= 4 is 17.9 Å². The summed E-state index contributed by atoms with van der Waals surface area (Å²) in [5, 5.41) is 26.9. The Morgan fingerprint density at radius 1 is 0.720 bits per heavy atom.